The largest absolute Gasteiger partial charge is 0.443 e. The molecule has 0 fully saturated rings. The molecular weight excluding hydrogens is 302 g/mol. The summed E-state index contributed by atoms with van der Waals surface area (Å²) in [5, 5.41) is 8.67. The van der Waals surface area contributed by atoms with Gasteiger partial charge < -0.3 is 14.6 Å². The van der Waals surface area contributed by atoms with Crippen molar-refractivity contribution >= 4 is 18.0 Å². The van der Waals surface area contributed by atoms with Gasteiger partial charge in [-0.1, -0.05) is 0 Å². The number of amides is 2. The Bertz CT molecular complexity index is 391. The normalized spacial score (nSPS) is 11.8. The van der Waals surface area contributed by atoms with E-state index in [1.807, 2.05) is 0 Å². The summed E-state index contributed by atoms with van der Waals surface area (Å²) in [7, 11) is 0. The summed E-state index contributed by atoms with van der Waals surface area (Å²) in [6.45, 7) is 9.83. The fraction of sp³-hybridized carbons (Fsp3) is 0.812. The van der Waals surface area contributed by atoms with Crippen molar-refractivity contribution < 1.29 is 29.0 Å². The SMILES string of the molecule is CC(C)(C)OC(=O)N(CCCCC(=O)CO)C(=O)OC(C)(C)C. The van der Waals surface area contributed by atoms with Crippen LogP contribution in [0.3, 0.4) is 0 Å². The Balaban J connectivity index is 4.76. The molecule has 0 bridgehead atoms. The number of hydrogen-bond acceptors (Lipinski definition) is 6. The van der Waals surface area contributed by atoms with Crippen molar-refractivity contribution in [2.75, 3.05) is 13.2 Å². The number of rotatable bonds is 6. The molecule has 0 saturated heterocycles. The lowest BCUT2D eigenvalue weighted by atomic mass is 10.2. The van der Waals surface area contributed by atoms with Gasteiger partial charge in [-0.25, -0.2) is 14.5 Å². The lowest BCUT2D eigenvalue weighted by Gasteiger charge is -2.28. The molecule has 0 aromatic carbocycles. The molecule has 0 rings (SSSR count). The van der Waals surface area contributed by atoms with E-state index in [-0.39, 0.29) is 18.7 Å². The molecule has 0 aromatic rings. The maximum Gasteiger partial charge on any atom is 0.419 e. The fourth-order valence-electron chi connectivity index (χ4n) is 1.56. The summed E-state index contributed by atoms with van der Waals surface area (Å²) in [5.74, 6) is -0.272. The number of unbranched alkanes of at least 4 members (excludes halogenated alkanes) is 1. The summed E-state index contributed by atoms with van der Waals surface area (Å²) < 4.78 is 10.4. The van der Waals surface area contributed by atoms with Crippen LogP contribution in [0.25, 0.3) is 0 Å². The van der Waals surface area contributed by atoms with E-state index in [0.29, 0.717) is 12.8 Å². The Kier molecular flexibility index (Phi) is 8.23. The van der Waals surface area contributed by atoms with Gasteiger partial charge in [-0.3, -0.25) is 4.79 Å². The van der Waals surface area contributed by atoms with Gasteiger partial charge in [0.2, 0.25) is 0 Å². The van der Waals surface area contributed by atoms with Crippen molar-refractivity contribution in [2.45, 2.75) is 72.0 Å². The van der Waals surface area contributed by atoms with Gasteiger partial charge in [-0.2, -0.15) is 0 Å². The monoisotopic (exact) mass is 331 g/mol. The van der Waals surface area contributed by atoms with E-state index in [9.17, 15) is 14.4 Å². The van der Waals surface area contributed by atoms with E-state index in [1.54, 1.807) is 41.5 Å². The van der Waals surface area contributed by atoms with E-state index in [2.05, 4.69) is 0 Å². The topological polar surface area (TPSA) is 93.1 Å². The molecule has 7 heteroatoms. The van der Waals surface area contributed by atoms with Gasteiger partial charge in [0, 0.05) is 13.0 Å². The summed E-state index contributed by atoms with van der Waals surface area (Å²) in [6, 6.07) is 0. The summed E-state index contributed by atoms with van der Waals surface area (Å²) >= 11 is 0. The molecule has 0 radical (unpaired) electrons. The van der Waals surface area contributed by atoms with Crippen molar-refractivity contribution in [3.05, 3.63) is 0 Å². The number of carbonyl (C=O) groups is 3. The first-order valence-corrected chi connectivity index (χ1v) is 7.72. The highest BCUT2D eigenvalue weighted by Crippen LogP contribution is 2.15. The predicted octanol–water partition coefficient (Wildman–Crippen LogP) is 2.89. The molecule has 0 atom stereocenters. The Labute approximate surface area is 137 Å². The van der Waals surface area contributed by atoms with Crippen molar-refractivity contribution in [2.24, 2.45) is 0 Å². The number of aliphatic hydroxyl groups excluding tert-OH is 1. The van der Waals surface area contributed by atoms with Gasteiger partial charge >= 0.3 is 12.2 Å². The van der Waals surface area contributed by atoms with Crippen molar-refractivity contribution in [3.8, 4) is 0 Å². The summed E-state index contributed by atoms with van der Waals surface area (Å²) in [4.78, 5) is 36.3. The van der Waals surface area contributed by atoms with Crippen molar-refractivity contribution in [3.63, 3.8) is 0 Å². The molecule has 2 amide bonds. The van der Waals surface area contributed by atoms with Gasteiger partial charge in [0.15, 0.2) is 5.78 Å². The molecule has 0 aromatic heterocycles. The Hall–Kier alpha value is -1.63. The third-order valence-electron chi connectivity index (χ3n) is 2.49. The predicted molar refractivity (Wildman–Crippen MR) is 85.1 cm³/mol. The maximum atomic E-state index is 12.2. The van der Waals surface area contributed by atoms with Crippen LogP contribution in [0.5, 0.6) is 0 Å². The van der Waals surface area contributed by atoms with E-state index in [1.165, 1.54) is 0 Å². The highest BCUT2D eigenvalue weighted by molar-refractivity contribution is 5.88. The number of ether oxygens (including phenoxy) is 2. The van der Waals surface area contributed by atoms with E-state index in [0.717, 1.165) is 4.90 Å². The van der Waals surface area contributed by atoms with E-state index < -0.39 is 30.0 Å². The standard InChI is InChI=1S/C16H29NO6/c1-15(2,3)22-13(20)17(14(21)23-16(4,5)6)10-8-7-9-12(19)11-18/h18H,7-11H2,1-6H3. The van der Waals surface area contributed by atoms with Crippen LogP contribution in [-0.4, -0.2) is 52.3 Å². The quantitative estimate of drug-likeness (QED) is 0.752. The van der Waals surface area contributed by atoms with Crippen molar-refractivity contribution in [1.29, 1.82) is 0 Å². The lowest BCUT2D eigenvalue weighted by Crippen LogP contribution is -2.44. The molecule has 0 heterocycles. The molecule has 0 unspecified atom stereocenters. The average molecular weight is 331 g/mol. The molecular formula is C16H29NO6. The molecule has 0 aliphatic rings. The van der Waals surface area contributed by atoms with Gasteiger partial charge in [0.25, 0.3) is 0 Å². The van der Waals surface area contributed by atoms with Crippen LogP contribution in [-0.2, 0) is 14.3 Å². The maximum absolute atomic E-state index is 12.2. The number of carbonyl (C=O) groups excluding carboxylic acids is 3. The van der Waals surface area contributed by atoms with E-state index >= 15 is 0 Å². The van der Waals surface area contributed by atoms with Gasteiger partial charge in [-0.05, 0) is 54.4 Å². The highest BCUT2D eigenvalue weighted by atomic mass is 16.6. The van der Waals surface area contributed by atoms with Gasteiger partial charge in [-0.15, -0.1) is 0 Å². The minimum absolute atomic E-state index is 0.0858. The molecule has 134 valence electrons. The lowest BCUT2D eigenvalue weighted by molar-refractivity contribution is -0.121. The zero-order valence-electron chi connectivity index (χ0n) is 15.0. The van der Waals surface area contributed by atoms with Gasteiger partial charge in [0.1, 0.15) is 17.8 Å². The Morgan fingerprint density at radius 2 is 1.30 bits per heavy atom. The van der Waals surface area contributed by atoms with Crippen LogP contribution in [0.2, 0.25) is 0 Å². The Morgan fingerprint density at radius 3 is 1.65 bits per heavy atom. The third kappa shape index (κ3) is 10.7. The first kappa shape index (κ1) is 21.4. The third-order valence-corrected chi connectivity index (χ3v) is 2.49. The number of hydrogen-bond donors (Lipinski definition) is 1. The number of Topliss-reactive ketones (excluding diaryl/α,β-unsaturated/α-hetero) is 1. The van der Waals surface area contributed by atoms with Crippen molar-refractivity contribution in [1.82, 2.24) is 4.90 Å². The molecule has 0 saturated carbocycles. The second-order valence-corrected chi connectivity index (χ2v) is 7.27. The van der Waals surface area contributed by atoms with Gasteiger partial charge in [0.05, 0.1) is 0 Å². The first-order chi connectivity index (χ1) is 10.4. The zero-order valence-corrected chi connectivity index (χ0v) is 15.0. The van der Waals surface area contributed by atoms with Crippen LogP contribution in [0, 0.1) is 0 Å². The summed E-state index contributed by atoms with van der Waals surface area (Å²) in [5.41, 5.74) is -1.46. The van der Waals surface area contributed by atoms with Crippen LogP contribution in [0.1, 0.15) is 60.8 Å². The molecule has 0 aliphatic carbocycles. The number of imide groups is 1. The Morgan fingerprint density at radius 1 is 0.870 bits per heavy atom. The average Bonchev–Trinajstić information content (AvgIpc) is 2.33. The number of nitrogens with zero attached hydrogens (tertiary/aromatic N) is 1. The first-order valence-electron chi connectivity index (χ1n) is 7.72. The minimum atomic E-state index is -0.778. The number of aliphatic hydroxyl groups is 1. The summed E-state index contributed by atoms with van der Waals surface area (Å²) in [6.07, 6.45) is -0.473. The van der Waals surface area contributed by atoms with E-state index in [4.69, 9.17) is 14.6 Å². The molecule has 0 aliphatic heterocycles. The molecule has 0 spiro atoms. The smallest absolute Gasteiger partial charge is 0.419 e. The number of ketones is 1. The van der Waals surface area contributed by atoms with Crippen LogP contribution in [0.15, 0.2) is 0 Å². The second-order valence-electron chi connectivity index (χ2n) is 7.27. The minimum Gasteiger partial charge on any atom is -0.443 e. The van der Waals surface area contributed by atoms with Crippen LogP contribution >= 0.6 is 0 Å². The molecule has 23 heavy (non-hydrogen) atoms. The van der Waals surface area contributed by atoms with Crippen LogP contribution in [0.4, 0.5) is 9.59 Å². The molecule has 7 nitrogen and oxygen atoms in total. The second kappa shape index (κ2) is 8.86. The fourth-order valence-corrected chi connectivity index (χ4v) is 1.56. The van der Waals surface area contributed by atoms with Crippen LogP contribution < -0.4 is 0 Å². The highest BCUT2D eigenvalue weighted by Gasteiger charge is 2.30. The molecule has 1 N–H and O–H groups in total. The zero-order chi connectivity index (χ0) is 18.3.